The highest BCUT2D eigenvalue weighted by atomic mass is 35.5. The predicted molar refractivity (Wildman–Crippen MR) is 83.6 cm³/mol. The maximum atomic E-state index is 6.37. The molecule has 0 amide bonds. The van der Waals surface area contributed by atoms with E-state index in [1.54, 1.807) is 0 Å². The highest BCUT2D eigenvalue weighted by Crippen LogP contribution is 2.30. The first-order valence-electron chi connectivity index (χ1n) is 7.51. The van der Waals surface area contributed by atoms with E-state index in [0.29, 0.717) is 17.6 Å². The van der Waals surface area contributed by atoms with Crippen molar-refractivity contribution >= 4 is 11.6 Å². The Labute approximate surface area is 130 Å². The minimum absolute atomic E-state index is 0.249. The van der Waals surface area contributed by atoms with Gasteiger partial charge in [-0.2, -0.15) is 0 Å². The lowest BCUT2D eigenvalue weighted by atomic mass is 9.97. The molecule has 1 atom stereocenters. The highest BCUT2D eigenvalue weighted by Gasteiger charge is 2.22. The molecule has 0 saturated carbocycles. The number of hydrogen-bond acceptors (Lipinski definition) is 3. The van der Waals surface area contributed by atoms with E-state index in [4.69, 9.17) is 21.3 Å². The first-order valence-corrected chi connectivity index (χ1v) is 7.89. The van der Waals surface area contributed by atoms with E-state index >= 15 is 0 Å². The van der Waals surface area contributed by atoms with Crippen molar-refractivity contribution in [3.05, 3.63) is 58.1 Å². The first kappa shape index (κ1) is 14.5. The summed E-state index contributed by atoms with van der Waals surface area (Å²) >= 11 is 6.37. The lowest BCUT2D eigenvalue weighted by Crippen LogP contribution is -2.15. The Morgan fingerprint density at radius 3 is 2.67 bits per heavy atom. The first-order chi connectivity index (χ1) is 10.3. The van der Waals surface area contributed by atoms with Gasteiger partial charge < -0.3 is 4.74 Å². The van der Waals surface area contributed by atoms with Crippen LogP contribution in [0.25, 0.3) is 0 Å². The SMILES string of the molecule is CCOC(c1ccccc1)c1nc(Cl)c2c(n1)CCCC2. The van der Waals surface area contributed by atoms with Crippen molar-refractivity contribution < 1.29 is 4.74 Å². The molecule has 0 spiro atoms. The Morgan fingerprint density at radius 2 is 1.90 bits per heavy atom. The van der Waals surface area contributed by atoms with Crippen LogP contribution in [0, 0.1) is 0 Å². The van der Waals surface area contributed by atoms with Gasteiger partial charge >= 0.3 is 0 Å². The van der Waals surface area contributed by atoms with Gasteiger partial charge in [0, 0.05) is 17.9 Å². The zero-order valence-corrected chi connectivity index (χ0v) is 12.9. The van der Waals surface area contributed by atoms with E-state index in [0.717, 1.165) is 29.7 Å². The van der Waals surface area contributed by atoms with Crippen molar-refractivity contribution in [2.45, 2.75) is 38.7 Å². The van der Waals surface area contributed by atoms with Crippen molar-refractivity contribution in [1.82, 2.24) is 9.97 Å². The second-order valence-corrected chi connectivity index (χ2v) is 5.61. The predicted octanol–water partition coefficient (Wildman–Crippen LogP) is 4.13. The maximum Gasteiger partial charge on any atom is 0.163 e. The third kappa shape index (κ3) is 3.09. The van der Waals surface area contributed by atoms with Crippen LogP contribution in [0.4, 0.5) is 0 Å². The van der Waals surface area contributed by atoms with Crippen LogP contribution < -0.4 is 0 Å². The quantitative estimate of drug-likeness (QED) is 0.796. The molecule has 1 aromatic heterocycles. The van der Waals surface area contributed by atoms with Crippen molar-refractivity contribution in [2.24, 2.45) is 0 Å². The van der Waals surface area contributed by atoms with Crippen LogP contribution in [0.2, 0.25) is 5.15 Å². The smallest absolute Gasteiger partial charge is 0.163 e. The largest absolute Gasteiger partial charge is 0.366 e. The Hall–Kier alpha value is -1.45. The minimum Gasteiger partial charge on any atom is -0.366 e. The lowest BCUT2D eigenvalue weighted by molar-refractivity contribution is 0.0848. The van der Waals surface area contributed by atoms with Crippen LogP contribution in [0.3, 0.4) is 0 Å². The molecule has 3 nitrogen and oxygen atoms in total. The van der Waals surface area contributed by atoms with Crippen molar-refractivity contribution in [2.75, 3.05) is 6.61 Å². The summed E-state index contributed by atoms with van der Waals surface area (Å²) in [5.41, 5.74) is 3.28. The van der Waals surface area contributed by atoms with E-state index in [-0.39, 0.29) is 6.10 Å². The monoisotopic (exact) mass is 302 g/mol. The molecule has 1 unspecified atom stereocenters. The summed E-state index contributed by atoms with van der Waals surface area (Å²) in [6.45, 7) is 2.59. The molecule has 1 aliphatic rings. The normalized spacial score (nSPS) is 15.5. The molecule has 21 heavy (non-hydrogen) atoms. The van der Waals surface area contributed by atoms with Gasteiger partial charge in [0.05, 0.1) is 0 Å². The lowest BCUT2D eigenvalue weighted by Gasteiger charge is -2.21. The summed E-state index contributed by atoms with van der Waals surface area (Å²) in [5.74, 6) is 0.675. The molecule has 0 fully saturated rings. The molecule has 0 radical (unpaired) electrons. The fraction of sp³-hybridized carbons (Fsp3) is 0.412. The molecule has 1 heterocycles. The zero-order valence-electron chi connectivity index (χ0n) is 12.2. The molecule has 0 saturated heterocycles. The van der Waals surface area contributed by atoms with Gasteiger partial charge in [0.15, 0.2) is 5.82 Å². The molecule has 4 heteroatoms. The Kier molecular flexibility index (Phi) is 4.51. The maximum absolute atomic E-state index is 6.37. The average molecular weight is 303 g/mol. The molecular formula is C17H19ClN2O. The number of fused-ring (bicyclic) bond motifs is 1. The highest BCUT2D eigenvalue weighted by molar-refractivity contribution is 6.30. The van der Waals surface area contributed by atoms with Crippen LogP contribution in [0.1, 0.15) is 48.5 Å². The van der Waals surface area contributed by atoms with Gasteiger partial charge in [-0.25, -0.2) is 9.97 Å². The van der Waals surface area contributed by atoms with E-state index in [1.165, 1.54) is 12.8 Å². The van der Waals surface area contributed by atoms with Gasteiger partial charge in [0.25, 0.3) is 0 Å². The standard InChI is InChI=1S/C17H19ClN2O/c1-2-21-15(12-8-4-3-5-9-12)17-19-14-11-7-6-10-13(14)16(18)20-17/h3-5,8-9,15H,2,6-7,10-11H2,1H3. The summed E-state index contributed by atoms with van der Waals surface area (Å²) in [7, 11) is 0. The molecule has 110 valence electrons. The Bertz CT molecular complexity index is 616. The van der Waals surface area contributed by atoms with Gasteiger partial charge in [0.1, 0.15) is 11.3 Å². The number of aromatic nitrogens is 2. The third-order valence-corrected chi connectivity index (χ3v) is 4.13. The summed E-state index contributed by atoms with van der Waals surface area (Å²) in [4.78, 5) is 9.26. The molecular weight excluding hydrogens is 284 g/mol. The fourth-order valence-corrected chi connectivity index (χ4v) is 3.09. The van der Waals surface area contributed by atoms with E-state index in [2.05, 4.69) is 4.98 Å². The Morgan fingerprint density at radius 1 is 1.14 bits per heavy atom. The van der Waals surface area contributed by atoms with Gasteiger partial charge in [0.2, 0.25) is 0 Å². The third-order valence-electron chi connectivity index (χ3n) is 3.82. The van der Waals surface area contributed by atoms with Gasteiger partial charge in [-0.15, -0.1) is 0 Å². The molecule has 0 aliphatic heterocycles. The summed E-state index contributed by atoms with van der Waals surface area (Å²) < 4.78 is 5.88. The second-order valence-electron chi connectivity index (χ2n) is 5.25. The van der Waals surface area contributed by atoms with E-state index in [1.807, 2.05) is 37.3 Å². The second kappa shape index (κ2) is 6.54. The van der Waals surface area contributed by atoms with Crippen molar-refractivity contribution in [3.8, 4) is 0 Å². The summed E-state index contributed by atoms with van der Waals surface area (Å²) in [6.07, 6.45) is 4.06. The van der Waals surface area contributed by atoms with Crippen molar-refractivity contribution in [1.29, 1.82) is 0 Å². The molecule has 0 bridgehead atoms. The topological polar surface area (TPSA) is 35.0 Å². The van der Waals surface area contributed by atoms with Crippen LogP contribution >= 0.6 is 11.6 Å². The fourth-order valence-electron chi connectivity index (χ4n) is 2.80. The molecule has 0 N–H and O–H groups in total. The zero-order chi connectivity index (χ0) is 14.7. The number of ether oxygens (including phenoxy) is 1. The Balaban J connectivity index is 2.02. The van der Waals surface area contributed by atoms with Crippen molar-refractivity contribution in [3.63, 3.8) is 0 Å². The van der Waals surface area contributed by atoms with Gasteiger partial charge in [-0.05, 0) is 38.2 Å². The molecule has 1 aliphatic carbocycles. The summed E-state index contributed by atoms with van der Waals surface area (Å²) in [6, 6.07) is 10.1. The molecule has 2 aromatic rings. The van der Waals surface area contributed by atoms with Crippen LogP contribution in [-0.2, 0) is 17.6 Å². The number of hydrogen-bond donors (Lipinski definition) is 0. The van der Waals surface area contributed by atoms with Crippen LogP contribution in [-0.4, -0.2) is 16.6 Å². The number of halogens is 1. The minimum atomic E-state index is -0.249. The average Bonchev–Trinajstić information content (AvgIpc) is 2.53. The van der Waals surface area contributed by atoms with Gasteiger partial charge in [-0.3, -0.25) is 0 Å². The molecule has 3 rings (SSSR count). The number of nitrogens with zero attached hydrogens (tertiary/aromatic N) is 2. The van der Waals surface area contributed by atoms with Crippen LogP contribution in [0.15, 0.2) is 30.3 Å². The van der Waals surface area contributed by atoms with E-state index < -0.39 is 0 Å². The van der Waals surface area contributed by atoms with E-state index in [9.17, 15) is 0 Å². The summed E-state index contributed by atoms with van der Waals surface area (Å²) in [5, 5.41) is 0.593. The number of rotatable bonds is 4. The number of benzene rings is 1. The molecule has 1 aromatic carbocycles. The van der Waals surface area contributed by atoms with Crippen LogP contribution in [0.5, 0.6) is 0 Å². The number of aryl methyl sites for hydroxylation is 1. The van der Waals surface area contributed by atoms with Gasteiger partial charge in [-0.1, -0.05) is 41.9 Å².